The molecule has 5 heteroatoms. The SMILES string of the molecule is Cc1ccc(NC(C)CCS(C)=O)c(C(=O)O)c1. The molecule has 0 aliphatic heterocycles. The van der Waals surface area contributed by atoms with Gasteiger partial charge in [0.25, 0.3) is 0 Å². The molecule has 0 aliphatic carbocycles. The molecule has 0 aliphatic rings. The fourth-order valence-electron chi connectivity index (χ4n) is 1.64. The van der Waals surface area contributed by atoms with Gasteiger partial charge in [-0.15, -0.1) is 0 Å². The van der Waals surface area contributed by atoms with Crippen molar-refractivity contribution in [1.82, 2.24) is 0 Å². The number of carboxylic acid groups (broad SMARTS) is 1. The average molecular weight is 269 g/mol. The molecule has 0 saturated carbocycles. The van der Waals surface area contributed by atoms with Crippen molar-refractivity contribution in [2.45, 2.75) is 26.3 Å². The van der Waals surface area contributed by atoms with Crippen LogP contribution < -0.4 is 5.32 Å². The van der Waals surface area contributed by atoms with Gasteiger partial charge in [-0.05, 0) is 32.4 Å². The fraction of sp³-hybridized carbons (Fsp3) is 0.462. The van der Waals surface area contributed by atoms with Crippen molar-refractivity contribution in [1.29, 1.82) is 0 Å². The Morgan fingerprint density at radius 1 is 1.50 bits per heavy atom. The van der Waals surface area contributed by atoms with Crippen molar-refractivity contribution in [2.24, 2.45) is 0 Å². The summed E-state index contributed by atoms with van der Waals surface area (Å²) in [6, 6.07) is 5.39. The first-order valence-corrected chi connectivity index (χ1v) is 7.53. The smallest absolute Gasteiger partial charge is 0.337 e. The van der Waals surface area contributed by atoms with E-state index in [1.165, 1.54) is 0 Å². The summed E-state index contributed by atoms with van der Waals surface area (Å²) in [4.78, 5) is 11.1. The second-order valence-electron chi connectivity index (χ2n) is 4.47. The average Bonchev–Trinajstić information content (AvgIpc) is 2.28. The number of carbonyl (C=O) groups is 1. The van der Waals surface area contributed by atoms with Crippen LogP contribution in [-0.2, 0) is 10.8 Å². The molecule has 1 rings (SSSR count). The van der Waals surface area contributed by atoms with E-state index in [0.717, 1.165) is 12.0 Å². The number of aryl methyl sites for hydroxylation is 1. The van der Waals surface area contributed by atoms with Crippen LogP contribution in [0.1, 0.15) is 29.3 Å². The number of hydrogen-bond donors (Lipinski definition) is 2. The Hall–Kier alpha value is -1.36. The second-order valence-corrected chi connectivity index (χ2v) is 6.02. The summed E-state index contributed by atoms with van der Waals surface area (Å²) in [5.41, 5.74) is 1.81. The summed E-state index contributed by atoms with van der Waals surface area (Å²) in [5, 5.41) is 12.3. The summed E-state index contributed by atoms with van der Waals surface area (Å²) in [6.07, 6.45) is 2.41. The minimum absolute atomic E-state index is 0.0923. The third kappa shape index (κ3) is 4.49. The van der Waals surface area contributed by atoms with E-state index in [1.807, 2.05) is 19.9 Å². The summed E-state index contributed by atoms with van der Waals surface area (Å²) >= 11 is 0. The van der Waals surface area contributed by atoms with Gasteiger partial charge >= 0.3 is 5.97 Å². The summed E-state index contributed by atoms with van der Waals surface area (Å²) < 4.78 is 11.0. The molecule has 0 bridgehead atoms. The van der Waals surface area contributed by atoms with Crippen LogP contribution in [0.2, 0.25) is 0 Å². The van der Waals surface area contributed by atoms with Crippen molar-refractivity contribution < 1.29 is 14.1 Å². The Bertz CT molecular complexity index is 460. The first kappa shape index (κ1) is 14.7. The number of rotatable bonds is 6. The standard InChI is InChI=1S/C13H19NO3S/c1-9-4-5-12(11(8-9)13(15)16)14-10(2)6-7-18(3)17/h4-5,8,10,14H,6-7H2,1-3H3,(H,15,16). The topological polar surface area (TPSA) is 66.4 Å². The van der Waals surface area contributed by atoms with Crippen molar-refractivity contribution in [3.63, 3.8) is 0 Å². The molecule has 0 amide bonds. The van der Waals surface area contributed by atoms with Gasteiger partial charge in [-0.3, -0.25) is 4.21 Å². The van der Waals surface area contributed by atoms with Crippen molar-refractivity contribution in [2.75, 3.05) is 17.3 Å². The molecule has 0 radical (unpaired) electrons. The highest BCUT2D eigenvalue weighted by Crippen LogP contribution is 2.19. The monoisotopic (exact) mass is 269 g/mol. The summed E-state index contributed by atoms with van der Waals surface area (Å²) in [6.45, 7) is 3.82. The van der Waals surface area contributed by atoms with E-state index < -0.39 is 16.8 Å². The van der Waals surface area contributed by atoms with E-state index >= 15 is 0 Å². The highest BCUT2D eigenvalue weighted by atomic mass is 32.2. The molecular formula is C13H19NO3S. The summed E-state index contributed by atoms with van der Waals surface area (Å²) in [5.74, 6) is -0.324. The van der Waals surface area contributed by atoms with E-state index in [-0.39, 0.29) is 11.6 Å². The van der Waals surface area contributed by atoms with Gasteiger partial charge in [0.15, 0.2) is 0 Å². The van der Waals surface area contributed by atoms with Gasteiger partial charge in [0.2, 0.25) is 0 Å². The quantitative estimate of drug-likeness (QED) is 0.831. The number of anilines is 1. The lowest BCUT2D eigenvalue weighted by molar-refractivity contribution is 0.0698. The molecule has 0 spiro atoms. The molecular weight excluding hydrogens is 250 g/mol. The molecule has 2 atom stereocenters. The molecule has 4 nitrogen and oxygen atoms in total. The molecule has 1 aromatic rings. The van der Waals surface area contributed by atoms with E-state index in [2.05, 4.69) is 5.32 Å². The molecule has 18 heavy (non-hydrogen) atoms. The molecule has 0 saturated heterocycles. The highest BCUT2D eigenvalue weighted by Gasteiger charge is 2.12. The molecule has 1 aromatic carbocycles. The minimum Gasteiger partial charge on any atom is -0.478 e. The van der Waals surface area contributed by atoms with E-state index in [9.17, 15) is 9.00 Å². The van der Waals surface area contributed by atoms with Gasteiger partial charge in [0.1, 0.15) is 0 Å². The molecule has 0 fully saturated rings. The number of hydrogen-bond acceptors (Lipinski definition) is 3. The summed E-state index contributed by atoms with van der Waals surface area (Å²) in [7, 11) is -0.818. The van der Waals surface area contributed by atoms with Crippen molar-refractivity contribution >= 4 is 22.5 Å². The second kappa shape index (κ2) is 6.54. The largest absolute Gasteiger partial charge is 0.478 e. The van der Waals surface area contributed by atoms with Gasteiger partial charge in [0.05, 0.1) is 5.56 Å². The van der Waals surface area contributed by atoms with Crippen LogP contribution in [0.4, 0.5) is 5.69 Å². The normalized spacial score (nSPS) is 13.9. The van der Waals surface area contributed by atoms with Gasteiger partial charge in [-0.2, -0.15) is 0 Å². The Morgan fingerprint density at radius 2 is 2.17 bits per heavy atom. The maximum atomic E-state index is 11.1. The Labute approximate surface area is 110 Å². The van der Waals surface area contributed by atoms with Gasteiger partial charge < -0.3 is 10.4 Å². The highest BCUT2D eigenvalue weighted by molar-refractivity contribution is 7.84. The Balaban J connectivity index is 2.77. The number of nitrogens with one attached hydrogen (secondary N) is 1. The lowest BCUT2D eigenvalue weighted by atomic mass is 10.1. The van der Waals surface area contributed by atoms with Crippen LogP contribution in [-0.4, -0.2) is 33.3 Å². The van der Waals surface area contributed by atoms with E-state index in [4.69, 9.17) is 5.11 Å². The molecule has 0 heterocycles. The van der Waals surface area contributed by atoms with Crippen LogP contribution in [0.3, 0.4) is 0 Å². The zero-order valence-electron chi connectivity index (χ0n) is 10.9. The lowest BCUT2D eigenvalue weighted by Gasteiger charge is -2.16. The lowest BCUT2D eigenvalue weighted by Crippen LogP contribution is -2.19. The maximum absolute atomic E-state index is 11.1. The van der Waals surface area contributed by atoms with Crippen LogP contribution >= 0.6 is 0 Å². The van der Waals surface area contributed by atoms with E-state index in [1.54, 1.807) is 18.4 Å². The zero-order valence-corrected chi connectivity index (χ0v) is 11.7. The fourth-order valence-corrected chi connectivity index (χ4v) is 2.33. The van der Waals surface area contributed by atoms with Gasteiger partial charge in [-0.25, -0.2) is 4.79 Å². The number of carboxylic acids is 1. The first-order chi connectivity index (χ1) is 8.40. The number of aromatic carboxylic acids is 1. The first-order valence-electron chi connectivity index (χ1n) is 5.80. The van der Waals surface area contributed by atoms with Crippen LogP contribution in [0.5, 0.6) is 0 Å². The van der Waals surface area contributed by atoms with Gasteiger partial charge in [0, 0.05) is 34.5 Å². The minimum atomic E-state index is -0.938. The van der Waals surface area contributed by atoms with Crippen LogP contribution in [0.25, 0.3) is 0 Å². The number of benzene rings is 1. The molecule has 2 N–H and O–H groups in total. The Kier molecular flexibility index (Phi) is 5.34. The Morgan fingerprint density at radius 3 is 2.72 bits per heavy atom. The van der Waals surface area contributed by atoms with Crippen LogP contribution in [0, 0.1) is 6.92 Å². The van der Waals surface area contributed by atoms with Gasteiger partial charge in [-0.1, -0.05) is 11.6 Å². The molecule has 2 unspecified atom stereocenters. The maximum Gasteiger partial charge on any atom is 0.337 e. The molecule has 0 aromatic heterocycles. The predicted molar refractivity (Wildman–Crippen MR) is 74.8 cm³/mol. The van der Waals surface area contributed by atoms with Crippen molar-refractivity contribution in [3.05, 3.63) is 29.3 Å². The third-order valence-corrected chi connectivity index (χ3v) is 3.46. The van der Waals surface area contributed by atoms with E-state index in [0.29, 0.717) is 11.4 Å². The van der Waals surface area contributed by atoms with Crippen LogP contribution in [0.15, 0.2) is 18.2 Å². The third-order valence-electron chi connectivity index (χ3n) is 2.65. The predicted octanol–water partition coefficient (Wildman–Crippen LogP) is 2.26. The zero-order chi connectivity index (χ0) is 13.7. The van der Waals surface area contributed by atoms with Crippen molar-refractivity contribution in [3.8, 4) is 0 Å². The molecule has 100 valence electrons.